The predicted molar refractivity (Wildman–Crippen MR) is 92.6 cm³/mol. The van der Waals surface area contributed by atoms with Crippen molar-refractivity contribution in [3.63, 3.8) is 0 Å². The number of hydrogen-bond donors (Lipinski definition) is 2. The molecule has 0 aliphatic heterocycles. The minimum absolute atomic E-state index is 0.314. The molecule has 4 aliphatic rings. The highest BCUT2D eigenvalue weighted by molar-refractivity contribution is 9.10. The summed E-state index contributed by atoms with van der Waals surface area (Å²) < 4.78 is 1.06. The molecule has 2 nitrogen and oxygen atoms in total. The molecule has 120 valence electrons. The van der Waals surface area contributed by atoms with Gasteiger partial charge in [-0.05, 0) is 80.9 Å². The molecule has 2 N–H and O–H groups in total. The number of halogens is 1. The van der Waals surface area contributed by atoms with Gasteiger partial charge in [-0.1, -0.05) is 28.1 Å². The van der Waals surface area contributed by atoms with E-state index in [0.29, 0.717) is 12.1 Å². The lowest BCUT2D eigenvalue weighted by atomic mass is 9.53. The van der Waals surface area contributed by atoms with Gasteiger partial charge in [0.2, 0.25) is 0 Å². The SMILES string of the molecule is C[C@@](O)(CNC12CC3CC(CC(C3)C1)C2)c1ccc(Br)cc1. The van der Waals surface area contributed by atoms with Crippen molar-refractivity contribution in [3.8, 4) is 0 Å². The summed E-state index contributed by atoms with van der Waals surface area (Å²) in [5.74, 6) is 2.82. The van der Waals surface area contributed by atoms with Crippen molar-refractivity contribution in [2.45, 2.75) is 56.6 Å². The molecule has 1 aromatic rings. The van der Waals surface area contributed by atoms with E-state index in [1.165, 1.54) is 38.5 Å². The normalized spacial score (nSPS) is 39.0. The van der Waals surface area contributed by atoms with Gasteiger partial charge in [0.25, 0.3) is 0 Å². The van der Waals surface area contributed by atoms with Crippen LogP contribution in [0.2, 0.25) is 0 Å². The Hall–Kier alpha value is -0.380. The van der Waals surface area contributed by atoms with Crippen molar-refractivity contribution in [2.75, 3.05) is 6.54 Å². The molecule has 4 saturated carbocycles. The molecule has 0 amide bonds. The summed E-state index contributed by atoms with van der Waals surface area (Å²) in [6.07, 6.45) is 8.37. The third-order valence-electron chi connectivity index (χ3n) is 6.31. The second-order valence-corrected chi connectivity index (χ2v) is 9.25. The smallest absolute Gasteiger partial charge is 0.0992 e. The van der Waals surface area contributed by atoms with Crippen LogP contribution in [0.4, 0.5) is 0 Å². The molecule has 1 atom stereocenters. The Morgan fingerprint density at radius 3 is 2.09 bits per heavy atom. The number of hydrogen-bond acceptors (Lipinski definition) is 2. The standard InChI is InChI=1S/C19H26BrNO/c1-18(22,16-2-4-17(20)5-3-16)12-21-19-9-13-6-14(10-19)8-15(7-13)11-19/h2-5,13-15,21-22H,6-12H2,1H3/t13?,14?,15?,18-,19?/m1/s1. The predicted octanol–water partition coefficient (Wildman–Crippen LogP) is 4.22. The van der Waals surface area contributed by atoms with Crippen LogP contribution in [-0.4, -0.2) is 17.2 Å². The average molecular weight is 364 g/mol. The molecule has 0 spiro atoms. The summed E-state index contributed by atoms with van der Waals surface area (Å²) in [6.45, 7) is 2.59. The van der Waals surface area contributed by atoms with E-state index in [1.807, 2.05) is 31.2 Å². The fourth-order valence-corrected chi connectivity index (χ4v) is 5.86. The number of nitrogens with one attached hydrogen (secondary N) is 1. The molecular weight excluding hydrogens is 338 g/mol. The first kappa shape index (κ1) is 15.2. The molecule has 5 rings (SSSR count). The van der Waals surface area contributed by atoms with Crippen LogP contribution in [0.15, 0.2) is 28.7 Å². The molecule has 0 radical (unpaired) electrons. The largest absolute Gasteiger partial charge is 0.384 e. The summed E-state index contributed by atoms with van der Waals surface area (Å²) >= 11 is 3.46. The van der Waals surface area contributed by atoms with Crippen molar-refractivity contribution in [3.05, 3.63) is 34.3 Å². The third-order valence-corrected chi connectivity index (χ3v) is 6.84. The molecule has 4 fully saturated rings. The maximum Gasteiger partial charge on any atom is 0.0992 e. The highest BCUT2D eigenvalue weighted by atomic mass is 79.9. The van der Waals surface area contributed by atoms with Crippen LogP contribution in [0, 0.1) is 17.8 Å². The Morgan fingerprint density at radius 1 is 1.09 bits per heavy atom. The zero-order valence-electron chi connectivity index (χ0n) is 13.3. The number of benzene rings is 1. The van der Waals surface area contributed by atoms with Gasteiger partial charge in [0.15, 0.2) is 0 Å². The molecule has 3 heteroatoms. The summed E-state index contributed by atoms with van der Waals surface area (Å²) in [6, 6.07) is 8.06. The molecule has 4 bridgehead atoms. The van der Waals surface area contributed by atoms with Crippen LogP contribution >= 0.6 is 15.9 Å². The highest BCUT2D eigenvalue weighted by Gasteiger charge is 2.51. The van der Waals surface area contributed by atoms with E-state index in [9.17, 15) is 5.11 Å². The maximum atomic E-state index is 10.9. The molecular formula is C19H26BrNO. The van der Waals surface area contributed by atoms with Crippen molar-refractivity contribution in [1.29, 1.82) is 0 Å². The zero-order valence-corrected chi connectivity index (χ0v) is 14.9. The molecule has 0 unspecified atom stereocenters. The van der Waals surface area contributed by atoms with Crippen LogP contribution in [0.25, 0.3) is 0 Å². The van der Waals surface area contributed by atoms with Crippen molar-refractivity contribution < 1.29 is 5.11 Å². The number of rotatable bonds is 4. The lowest BCUT2D eigenvalue weighted by molar-refractivity contribution is -0.0358. The molecule has 4 aliphatic carbocycles. The Kier molecular flexibility index (Phi) is 3.67. The van der Waals surface area contributed by atoms with E-state index in [-0.39, 0.29) is 0 Å². The average Bonchev–Trinajstić information content (AvgIpc) is 2.45. The topological polar surface area (TPSA) is 32.3 Å². The minimum atomic E-state index is -0.802. The summed E-state index contributed by atoms with van der Waals surface area (Å²) in [7, 11) is 0. The second kappa shape index (κ2) is 5.32. The quantitative estimate of drug-likeness (QED) is 0.839. The number of aliphatic hydroxyl groups is 1. The van der Waals surface area contributed by atoms with Crippen molar-refractivity contribution in [2.24, 2.45) is 17.8 Å². The highest BCUT2D eigenvalue weighted by Crippen LogP contribution is 2.55. The van der Waals surface area contributed by atoms with Gasteiger partial charge in [-0.3, -0.25) is 0 Å². The van der Waals surface area contributed by atoms with E-state index < -0.39 is 5.60 Å². The van der Waals surface area contributed by atoms with E-state index in [4.69, 9.17) is 0 Å². The van der Waals surface area contributed by atoms with Gasteiger partial charge in [-0.2, -0.15) is 0 Å². The summed E-state index contributed by atoms with van der Waals surface area (Å²) in [5, 5.41) is 14.7. The first-order valence-electron chi connectivity index (χ1n) is 8.68. The van der Waals surface area contributed by atoms with E-state index >= 15 is 0 Å². The zero-order chi connectivity index (χ0) is 15.4. The Balaban J connectivity index is 1.46. The molecule has 22 heavy (non-hydrogen) atoms. The van der Waals surface area contributed by atoms with Crippen LogP contribution < -0.4 is 5.32 Å². The Labute approximate surface area is 141 Å². The van der Waals surface area contributed by atoms with E-state index in [2.05, 4.69) is 21.2 Å². The molecule has 0 aromatic heterocycles. The van der Waals surface area contributed by atoms with E-state index in [0.717, 1.165) is 27.8 Å². The van der Waals surface area contributed by atoms with Crippen molar-refractivity contribution >= 4 is 15.9 Å². The van der Waals surface area contributed by atoms with Gasteiger partial charge < -0.3 is 10.4 Å². The fraction of sp³-hybridized carbons (Fsp3) is 0.684. The Morgan fingerprint density at radius 2 is 1.59 bits per heavy atom. The number of β-amino-alcohol motifs (C(OH)–C–C–N with tert-alkyl or cyclic N) is 1. The van der Waals surface area contributed by atoms with Crippen LogP contribution in [0.3, 0.4) is 0 Å². The van der Waals surface area contributed by atoms with Gasteiger partial charge >= 0.3 is 0 Å². The third kappa shape index (κ3) is 2.76. The van der Waals surface area contributed by atoms with Gasteiger partial charge in [0.1, 0.15) is 0 Å². The molecule has 1 aromatic carbocycles. The lowest BCUT2D eigenvalue weighted by Crippen LogP contribution is -2.60. The minimum Gasteiger partial charge on any atom is -0.384 e. The summed E-state index contributed by atoms with van der Waals surface area (Å²) in [4.78, 5) is 0. The van der Waals surface area contributed by atoms with Gasteiger partial charge in [-0.15, -0.1) is 0 Å². The second-order valence-electron chi connectivity index (χ2n) is 8.33. The maximum absolute atomic E-state index is 10.9. The van der Waals surface area contributed by atoms with Crippen LogP contribution in [-0.2, 0) is 5.60 Å². The van der Waals surface area contributed by atoms with Crippen molar-refractivity contribution in [1.82, 2.24) is 5.32 Å². The molecule has 0 heterocycles. The first-order valence-corrected chi connectivity index (χ1v) is 9.47. The monoisotopic (exact) mass is 363 g/mol. The van der Waals surface area contributed by atoms with Gasteiger partial charge in [0, 0.05) is 16.6 Å². The Bertz CT molecular complexity index is 516. The van der Waals surface area contributed by atoms with Gasteiger partial charge in [-0.25, -0.2) is 0 Å². The summed E-state index contributed by atoms with van der Waals surface area (Å²) in [5.41, 5.74) is 0.505. The molecule has 0 saturated heterocycles. The van der Waals surface area contributed by atoms with Crippen LogP contribution in [0.1, 0.15) is 51.0 Å². The first-order chi connectivity index (χ1) is 10.4. The van der Waals surface area contributed by atoms with E-state index in [1.54, 1.807) is 0 Å². The fourth-order valence-electron chi connectivity index (χ4n) is 5.60. The van der Waals surface area contributed by atoms with Gasteiger partial charge in [0.05, 0.1) is 5.60 Å². The lowest BCUT2D eigenvalue weighted by Gasteiger charge is -2.57. The van der Waals surface area contributed by atoms with Crippen LogP contribution in [0.5, 0.6) is 0 Å².